The second-order valence-electron chi connectivity index (χ2n) is 5.29. The Kier molecular flexibility index (Phi) is 10.9. The maximum Gasteiger partial charge on any atom is 0.190 e. The first kappa shape index (κ1) is 21.4. The largest absolute Gasteiger partial charge is 0.467 e. The number of halogens is 2. The van der Waals surface area contributed by atoms with Crippen LogP contribution in [0.4, 0.5) is 4.39 Å². The Morgan fingerprint density at radius 2 is 1.92 bits per heavy atom. The molecule has 0 saturated heterocycles. The second kappa shape index (κ2) is 12.7. The molecule has 138 valence electrons. The number of furan rings is 1. The smallest absolute Gasteiger partial charge is 0.190 e. The molecule has 0 spiro atoms. The Morgan fingerprint density at radius 1 is 1.16 bits per heavy atom. The monoisotopic (exact) mass is 461 g/mol. The fourth-order valence-corrected chi connectivity index (χ4v) is 2.15. The molecule has 0 aliphatic rings. The number of hydrogen-bond acceptors (Lipinski definition) is 3. The summed E-state index contributed by atoms with van der Waals surface area (Å²) in [5, 5.41) is 6.47. The summed E-state index contributed by atoms with van der Waals surface area (Å²) < 4.78 is 23.5. The van der Waals surface area contributed by atoms with Gasteiger partial charge in [0.1, 0.15) is 18.2 Å². The van der Waals surface area contributed by atoms with E-state index in [1.54, 1.807) is 25.4 Å². The average Bonchev–Trinajstić information content (AvgIpc) is 3.11. The van der Waals surface area contributed by atoms with Gasteiger partial charge in [0.05, 0.1) is 6.26 Å². The number of benzene rings is 1. The zero-order valence-corrected chi connectivity index (χ0v) is 16.7. The van der Waals surface area contributed by atoms with Crippen LogP contribution < -0.4 is 10.6 Å². The molecule has 0 saturated carbocycles. The van der Waals surface area contributed by atoms with Gasteiger partial charge >= 0.3 is 0 Å². The fourth-order valence-electron chi connectivity index (χ4n) is 2.15. The van der Waals surface area contributed by atoms with E-state index in [-0.39, 0.29) is 29.8 Å². The van der Waals surface area contributed by atoms with Gasteiger partial charge in [-0.25, -0.2) is 4.39 Å². The molecule has 5 nitrogen and oxygen atoms in total. The van der Waals surface area contributed by atoms with Crippen molar-refractivity contribution >= 4 is 29.9 Å². The quantitative estimate of drug-likeness (QED) is 0.260. The lowest BCUT2D eigenvalue weighted by Gasteiger charge is -2.12. The van der Waals surface area contributed by atoms with Gasteiger partial charge in [-0.2, -0.15) is 0 Å². The van der Waals surface area contributed by atoms with Gasteiger partial charge in [-0.3, -0.25) is 4.99 Å². The number of rotatable bonds is 9. The lowest BCUT2D eigenvalue weighted by Crippen LogP contribution is -2.39. The lowest BCUT2D eigenvalue weighted by atomic mass is 10.1. The Morgan fingerprint density at radius 3 is 2.60 bits per heavy atom. The normalized spacial score (nSPS) is 11.0. The number of nitrogens with one attached hydrogen (secondary N) is 2. The number of guanidine groups is 1. The molecule has 1 heterocycles. The van der Waals surface area contributed by atoms with Crippen LogP contribution in [0.25, 0.3) is 0 Å². The molecule has 0 aliphatic heterocycles. The van der Waals surface area contributed by atoms with Gasteiger partial charge in [0, 0.05) is 26.7 Å². The van der Waals surface area contributed by atoms with Crippen LogP contribution in [-0.4, -0.2) is 32.7 Å². The van der Waals surface area contributed by atoms with Gasteiger partial charge in [-0.15, -0.1) is 24.0 Å². The average molecular weight is 461 g/mol. The van der Waals surface area contributed by atoms with E-state index in [9.17, 15) is 4.39 Å². The van der Waals surface area contributed by atoms with Crippen molar-refractivity contribution in [3.05, 3.63) is 59.8 Å². The Hall–Kier alpha value is -1.61. The third-order valence-corrected chi connectivity index (χ3v) is 3.43. The zero-order chi connectivity index (χ0) is 17.0. The van der Waals surface area contributed by atoms with Crippen molar-refractivity contribution in [2.24, 2.45) is 4.99 Å². The van der Waals surface area contributed by atoms with Crippen molar-refractivity contribution in [1.29, 1.82) is 0 Å². The lowest BCUT2D eigenvalue weighted by molar-refractivity contribution is 0.105. The summed E-state index contributed by atoms with van der Waals surface area (Å²) in [6.45, 7) is 2.66. The number of aliphatic imine (C=N–C) groups is 1. The molecule has 0 aliphatic carbocycles. The second-order valence-corrected chi connectivity index (χ2v) is 5.29. The van der Waals surface area contributed by atoms with Crippen LogP contribution in [0.2, 0.25) is 0 Å². The Labute approximate surface area is 165 Å². The molecule has 0 atom stereocenters. The van der Waals surface area contributed by atoms with Crippen molar-refractivity contribution in [2.75, 3.05) is 26.7 Å². The first-order valence-corrected chi connectivity index (χ1v) is 8.07. The van der Waals surface area contributed by atoms with E-state index in [1.165, 1.54) is 12.1 Å². The molecule has 0 bridgehead atoms. The summed E-state index contributed by atoms with van der Waals surface area (Å²) in [6.07, 6.45) is 3.33. The van der Waals surface area contributed by atoms with Crippen molar-refractivity contribution in [3.63, 3.8) is 0 Å². The number of nitrogens with zero attached hydrogens (tertiary/aromatic N) is 1. The van der Waals surface area contributed by atoms with Crippen LogP contribution in [0.3, 0.4) is 0 Å². The Bertz CT molecular complexity index is 603. The van der Waals surface area contributed by atoms with E-state index in [2.05, 4.69) is 15.6 Å². The minimum atomic E-state index is -0.210. The molecule has 1 aromatic carbocycles. The third-order valence-electron chi connectivity index (χ3n) is 3.43. The van der Waals surface area contributed by atoms with Crippen LogP contribution in [-0.2, 0) is 17.8 Å². The summed E-state index contributed by atoms with van der Waals surface area (Å²) in [4.78, 5) is 4.17. The van der Waals surface area contributed by atoms with E-state index in [0.717, 1.165) is 43.2 Å². The van der Waals surface area contributed by atoms with E-state index >= 15 is 0 Å². The third kappa shape index (κ3) is 8.87. The zero-order valence-electron chi connectivity index (χ0n) is 14.3. The van der Waals surface area contributed by atoms with Crippen LogP contribution in [0.15, 0.2) is 52.1 Å². The number of ether oxygens (including phenoxy) is 1. The van der Waals surface area contributed by atoms with Crippen molar-refractivity contribution in [1.82, 2.24) is 10.6 Å². The first-order chi connectivity index (χ1) is 11.8. The molecule has 0 fully saturated rings. The van der Waals surface area contributed by atoms with Gasteiger partial charge in [0.15, 0.2) is 5.96 Å². The minimum absolute atomic E-state index is 0. The summed E-state index contributed by atoms with van der Waals surface area (Å²) >= 11 is 0. The van der Waals surface area contributed by atoms with Gasteiger partial charge in [-0.05, 0) is 42.7 Å². The highest BCUT2D eigenvalue weighted by atomic mass is 127. The van der Waals surface area contributed by atoms with E-state index in [4.69, 9.17) is 9.15 Å². The van der Waals surface area contributed by atoms with E-state index < -0.39 is 0 Å². The molecule has 2 N–H and O–H groups in total. The molecular formula is C18H25FIN3O2. The molecule has 1 aromatic heterocycles. The molecule has 25 heavy (non-hydrogen) atoms. The van der Waals surface area contributed by atoms with Crippen LogP contribution in [0, 0.1) is 5.82 Å². The number of hydrogen-bond donors (Lipinski definition) is 2. The van der Waals surface area contributed by atoms with Crippen molar-refractivity contribution in [2.45, 2.75) is 19.4 Å². The maximum atomic E-state index is 12.8. The van der Waals surface area contributed by atoms with Gasteiger partial charge in [0.25, 0.3) is 0 Å². The van der Waals surface area contributed by atoms with Crippen LogP contribution in [0.5, 0.6) is 0 Å². The van der Waals surface area contributed by atoms with Gasteiger partial charge in [0.2, 0.25) is 0 Å². The van der Waals surface area contributed by atoms with Gasteiger partial charge in [-0.1, -0.05) is 12.1 Å². The van der Waals surface area contributed by atoms with Crippen molar-refractivity contribution in [3.8, 4) is 0 Å². The topological polar surface area (TPSA) is 58.8 Å². The summed E-state index contributed by atoms with van der Waals surface area (Å²) in [5.41, 5.74) is 1.09. The van der Waals surface area contributed by atoms with Crippen LogP contribution in [0.1, 0.15) is 17.7 Å². The standard InChI is InChI=1S/C18H24FN3O2.HI/c1-20-18(22-11-9-15-5-7-16(19)8-6-15)21-10-3-12-23-14-17-4-2-13-24-17;/h2,4-8,13H,3,9-12,14H2,1H3,(H2,20,21,22);1H. The van der Waals surface area contributed by atoms with E-state index in [0.29, 0.717) is 13.2 Å². The van der Waals surface area contributed by atoms with Crippen molar-refractivity contribution < 1.29 is 13.5 Å². The SMILES string of the molecule is CN=C(NCCCOCc1ccco1)NCCc1ccc(F)cc1.I. The molecule has 0 amide bonds. The van der Waals surface area contributed by atoms with Gasteiger partial charge < -0.3 is 19.8 Å². The highest BCUT2D eigenvalue weighted by Gasteiger charge is 1.99. The summed E-state index contributed by atoms with van der Waals surface area (Å²) in [5.74, 6) is 1.38. The molecular weight excluding hydrogens is 436 g/mol. The molecule has 2 rings (SSSR count). The minimum Gasteiger partial charge on any atom is -0.467 e. The molecule has 0 unspecified atom stereocenters. The molecule has 7 heteroatoms. The molecule has 2 aromatic rings. The molecule has 0 radical (unpaired) electrons. The van der Waals surface area contributed by atoms with Crippen LogP contribution >= 0.6 is 24.0 Å². The summed E-state index contributed by atoms with van der Waals surface area (Å²) in [6, 6.07) is 10.3. The Balaban J connectivity index is 0.00000312. The predicted molar refractivity (Wildman–Crippen MR) is 108 cm³/mol. The van der Waals surface area contributed by atoms with E-state index in [1.807, 2.05) is 12.1 Å². The first-order valence-electron chi connectivity index (χ1n) is 8.07. The maximum absolute atomic E-state index is 12.8. The highest BCUT2D eigenvalue weighted by Crippen LogP contribution is 2.03. The predicted octanol–water partition coefficient (Wildman–Crippen LogP) is 3.35. The summed E-state index contributed by atoms with van der Waals surface area (Å²) in [7, 11) is 1.74. The highest BCUT2D eigenvalue weighted by molar-refractivity contribution is 14.0. The fraction of sp³-hybridized carbons (Fsp3) is 0.389.